The maximum Gasteiger partial charge on any atom is 0.508 e. The first-order valence-electron chi connectivity index (χ1n) is 19.8. The van der Waals surface area contributed by atoms with Gasteiger partial charge in [-0.05, 0) is 19.8 Å². The number of cyclic esters (lactones) is 4. The standard InChI is InChI=1S/C23H36O12S4.C6H8O3S2.C4H6O3.C2H6O2.C2H2/c1-17(35-21(29)34-12-23(15-38-39-16-23)10-32-19(27)5-3-7-25)8-30-20(28)33-11-22(13-36-37-14-22)9-31-18(26)4-2-6-24;7-5-8-1-6(2-9-5)3-10-11-4-6;5-4-6-2-1-3-7-4;3-1-2-4;1-2/h17,24-25H,2-16H2,1H3;1-4H2;1-3H2;3-4H,1-2H2;1-2H/t17-;;;;/m1..../s1/i;;;;1D. The van der Waals surface area contributed by atoms with Gasteiger partial charge in [-0.15, -0.1) is 12.8 Å². The van der Waals surface area contributed by atoms with E-state index in [9.17, 15) is 28.8 Å². The highest BCUT2D eigenvalue weighted by atomic mass is 33.1. The Kier molecular flexibility index (Phi) is 31.3. The lowest BCUT2D eigenvalue weighted by atomic mass is 9.95. The molecule has 5 aliphatic heterocycles. The number of aliphatic hydroxyl groups excluding tert-OH is 4. The van der Waals surface area contributed by atoms with E-state index in [-0.39, 0.29) is 77.7 Å². The van der Waals surface area contributed by atoms with Crippen molar-refractivity contribution in [1.82, 2.24) is 0 Å². The van der Waals surface area contributed by atoms with Crippen molar-refractivity contribution in [1.29, 1.82) is 0 Å². The van der Waals surface area contributed by atoms with Crippen LogP contribution < -0.4 is 0 Å². The van der Waals surface area contributed by atoms with E-state index in [1.54, 1.807) is 43.2 Å². The summed E-state index contributed by atoms with van der Waals surface area (Å²) in [5.74, 6) is 3.75. The molecule has 362 valence electrons. The molecular formula is C37H58O20S6. The van der Waals surface area contributed by atoms with Crippen LogP contribution >= 0.6 is 64.8 Å². The molecule has 5 aliphatic rings. The molecule has 63 heavy (non-hydrogen) atoms. The molecule has 0 radical (unpaired) electrons. The minimum atomic E-state index is -0.936. The zero-order valence-electron chi connectivity index (χ0n) is 35.9. The molecule has 5 rings (SSSR count). The number of aliphatic hydroxyl groups is 4. The highest BCUT2D eigenvalue weighted by Crippen LogP contribution is 2.46. The van der Waals surface area contributed by atoms with Gasteiger partial charge < -0.3 is 67.8 Å². The van der Waals surface area contributed by atoms with Crippen molar-refractivity contribution >= 4 is 101 Å². The average molecular weight is 1020 g/mol. The van der Waals surface area contributed by atoms with Gasteiger partial charge in [-0.2, -0.15) is 0 Å². The van der Waals surface area contributed by atoms with Gasteiger partial charge in [-0.25, -0.2) is 19.2 Å². The van der Waals surface area contributed by atoms with Crippen molar-refractivity contribution in [2.75, 3.05) is 120 Å². The Morgan fingerprint density at radius 3 is 1.43 bits per heavy atom. The van der Waals surface area contributed by atoms with E-state index in [0.717, 1.165) is 17.9 Å². The van der Waals surface area contributed by atoms with Crippen LogP contribution in [0.3, 0.4) is 0 Å². The van der Waals surface area contributed by atoms with Crippen molar-refractivity contribution in [3.63, 3.8) is 0 Å². The van der Waals surface area contributed by atoms with E-state index in [1.807, 2.05) is 21.6 Å². The lowest BCUT2D eigenvalue weighted by Crippen LogP contribution is -2.41. The van der Waals surface area contributed by atoms with Gasteiger partial charge in [0, 0.05) is 67.0 Å². The smallest absolute Gasteiger partial charge is 0.465 e. The molecule has 0 saturated carbocycles. The summed E-state index contributed by atoms with van der Waals surface area (Å²) >= 11 is 0. The first-order chi connectivity index (χ1) is 30.7. The van der Waals surface area contributed by atoms with Crippen LogP contribution in [0.5, 0.6) is 0 Å². The minimum absolute atomic E-state index is 0.000919. The molecule has 0 bridgehead atoms. The Morgan fingerprint density at radius 2 is 1.03 bits per heavy atom. The molecule has 5 heterocycles. The van der Waals surface area contributed by atoms with Crippen molar-refractivity contribution in [2.24, 2.45) is 16.2 Å². The van der Waals surface area contributed by atoms with Crippen LogP contribution in [0, 0.1) is 29.1 Å². The molecule has 4 N–H and O–H groups in total. The Morgan fingerprint density at radius 1 is 0.635 bits per heavy atom. The fourth-order valence-corrected chi connectivity index (χ4v) is 14.6. The summed E-state index contributed by atoms with van der Waals surface area (Å²) in [7, 11) is 10.0. The highest BCUT2D eigenvalue weighted by Gasteiger charge is 2.42. The third-order valence-corrected chi connectivity index (χ3v) is 16.6. The van der Waals surface area contributed by atoms with Crippen LogP contribution in [0.25, 0.3) is 0 Å². The van der Waals surface area contributed by atoms with Crippen LogP contribution in [0.2, 0.25) is 0 Å². The first kappa shape index (κ1) is 56.6. The van der Waals surface area contributed by atoms with Gasteiger partial charge in [0.1, 0.15) is 53.7 Å². The zero-order valence-corrected chi connectivity index (χ0v) is 39.8. The molecule has 0 aromatic heterocycles. The van der Waals surface area contributed by atoms with Crippen molar-refractivity contribution in [3.8, 4) is 12.8 Å². The number of esters is 2. The van der Waals surface area contributed by atoms with Gasteiger partial charge in [0.25, 0.3) is 0 Å². The molecule has 0 aromatic carbocycles. The quantitative estimate of drug-likeness (QED) is 0.0642. The number of hydrogen-bond donors (Lipinski definition) is 4. The third-order valence-electron chi connectivity index (χ3n) is 8.14. The summed E-state index contributed by atoms with van der Waals surface area (Å²) in [6.45, 7) is 3.12. The summed E-state index contributed by atoms with van der Waals surface area (Å²) in [4.78, 5) is 68.4. The van der Waals surface area contributed by atoms with Crippen molar-refractivity contribution < 1.29 is 97.9 Å². The molecule has 0 unspecified atom stereocenters. The monoisotopic (exact) mass is 1020 g/mol. The summed E-state index contributed by atoms with van der Waals surface area (Å²) in [6.07, 6.45) is 3.75. The summed E-state index contributed by atoms with van der Waals surface area (Å²) in [5.41, 5.74) is -0.953. The molecule has 1 spiro atoms. The fourth-order valence-electron chi connectivity index (χ4n) is 4.57. The van der Waals surface area contributed by atoms with Crippen LogP contribution in [-0.2, 0) is 57.0 Å². The molecule has 0 amide bonds. The van der Waals surface area contributed by atoms with Crippen LogP contribution in [-0.4, -0.2) is 183 Å². The molecule has 0 aliphatic carbocycles. The second-order valence-electron chi connectivity index (χ2n) is 13.9. The largest absolute Gasteiger partial charge is 0.508 e. The second kappa shape index (κ2) is 34.8. The van der Waals surface area contributed by atoms with E-state index in [1.165, 1.54) is 13.3 Å². The van der Waals surface area contributed by atoms with Gasteiger partial charge in [0.05, 0.1) is 42.7 Å². The van der Waals surface area contributed by atoms with E-state index >= 15 is 0 Å². The van der Waals surface area contributed by atoms with Gasteiger partial charge >= 0.3 is 36.6 Å². The topological polar surface area (TPSA) is 276 Å². The zero-order chi connectivity index (χ0) is 47.5. The maximum atomic E-state index is 12.2. The van der Waals surface area contributed by atoms with Gasteiger partial charge in [0.2, 0.25) is 0 Å². The van der Waals surface area contributed by atoms with Gasteiger partial charge in [0.15, 0.2) is 0 Å². The molecular weight excluding hydrogens is 957 g/mol. The molecule has 5 fully saturated rings. The Hall–Kier alpha value is -2.48. The van der Waals surface area contributed by atoms with Crippen LogP contribution in [0.1, 0.15) is 40.4 Å². The molecule has 20 nitrogen and oxygen atoms in total. The predicted octanol–water partition coefficient (Wildman–Crippen LogP) is 4.37. The number of carbonyl (C=O) groups is 6. The van der Waals surface area contributed by atoms with Crippen LogP contribution in [0.4, 0.5) is 19.2 Å². The summed E-state index contributed by atoms with van der Waals surface area (Å²) in [6, 6.07) is 0. The SMILES string of the molecule is C[C@H](COC(=O)OCC1(COC(=O)CCCO)CSSC1)OC(=O)OCC1(COC(=O)CCCO)CSSC1.O=C1OCC2(CO1)CSSC2.O=C1OCCCO1.OCCO.[2H]C#C. The summed E-state index contributed by atoms with van der Waals surface area (Å²) in [5, 5.41) is 32.9. The normalized spacial score (nSPS) is 19.0. The second-order valence-corrected chi connectivity index (χ2v) is 21.3. The van der Waals surface area contributed by atoms with E-state index in [2.05, 4.69) is 15.9 Å². The Balaban J connectivity index is 0.000000650. The first-order valence-corrected chi connectivity index (χ1v) is 26.8. The Bertz CT molecular complexity index is 1390. The molecule has 26 heteroatoms. The molecule has 5 saturated heterocycles. The fraction of sp³-hybridized carbons (Fsp3) is 0.784. The molecule has 0 aromatic rings. The number of hydrogen-bond acceptors (Lipinski definition) is 26. The average Bonchev–Trinajstić information content (AvgIpc) is 4.09. The summed E-state index contributed by atoms with van der Waals surface area (Å²) < 4.78 is 55.6. The number of rotatable bonds is 18. The minimum Gasteiger partial charge on any atom is -0.465 e. The van der Waals surface area contributed by atoms with Crippen LogP contribution in [0.15, 0.2) is 0 Å². The van der Waals surface area contributed by atoms with E-state index in [0.29, 0.717) is 62.3 Å². The van der Waals surface area contributed by atoms with Crippen molar-refractivity contribution in [3.05, 3.63) is 0 Å². The molecule has 1 atom stereocenters. The Labute approximate surface area is 391 Å². The van der Waals surface area contributed by atoms with E-state index in [4.69, 9.17) is 59.7 Å². The predicted molar refractivity (Wildman–Crippen MR) is 239 cm³/mol. The number of terminal acetylenes is 1. The highest BCUT2D eigenvalue weighted by molar-refractivity contribution is 8.77. The number of carbonyl (C=O) groups excluding carboxylic acids is 6. The van der Waals surface area contributed by atoms with Crippen molar-refractivity contribution in [2.45, 2.75) is 45.1 Å². The van der Waals surface area contributed by atoms with Gasteiger partial charge in [-0.3, -0.25) is 9.59 Å². The maximum absolute atomic E-state index is 12.2. The van der Waals surface area contributed by atoms with E-state index < -0.39 is 53.5 Å². The number of ether oxygens (including phenoxy) is 10. The third kappa shape index (κ3) is 26.3. The lowest BCUT2D eigenvalue weighted by molar-refractivity contribution is -0.148. The van der Waals surface area contributed by atoms with Gasteiger partial charge in [-0.1, -0.05) is 64.8 Å². The lowest BCUT2D eigenvalue weighted by Gasteiger charge is -2.29.